The second-order valence-corrected chi connectivity index (χ2v) is 6.83. The zero-order chi connectivity index (χ0) is 20.0. The second-order valence-electron chi connectivity index (χ2n) is 6.47. The Morgan fingerprint density at radius 3 is 2.56 bits per heavy atom. The Hall–Kier alpha value is -2.80. The number of carbonyl (C=O) groups is 2. The highest BCUT2D eigenvalue weighted by Gasteiger charge is 2.12. The largest absolute Gasteiger partial charge is 0.341 e. The fraction of sp³-hybridized carbons (Fsp3) is 0.316. The van der Waals surface area contributed by atoms with E-state index in [0.717, 1.165) is 11.3 Å². The molecule has 0 saturated heterocycles. The molecule has 1 heterocycles. The van der Waals surface area contributed by atoms with E-state index >= 15 is 0 Å². The monoisotopic (exact) mass is 389 g/mol. The molecule has 0 radical (unpaired) electrons. The topological polar surface area (TPSA) is 88.1 Å². The van der Waals surface area contributed by atoms with E-state index in [1.165, 1.54) is 13.1 Å². The molecule has 0 aliphatic carbocycles. The summed E-state index contributed by atoms with van der Waals surface area (Å²) in [4.78, 5) is 23.6. The lowest BCUT2D eigenvalue weighted by atomic mass is 10.2. The van der Waals surface area contributed by atoms with E-state index < -0.39 is 0 Å². The van der Waals surface area contributed by atoms with Crippen LogP contribution in [0.15, 0.2) is 30.3 Å². The summed E-state index contributed by atoms with van der Waals surface area (Å²) < 4.78 is 1.74. The number of nitrogens with one attached hydrogen (secondary N) is 3. The van der Waals surface area contributed by atoms with E-state index in [1.54, 1.807) is 35.0 Å². The molecule has 2 rings (SSSR count). The van der Waals surface area contributed by atoms with Crippen molar-refractivity contribution in [1.29, 1.82) is 0 Å². The van der Waals surface area contributed by atoms with Gasteiger partial charge in [0.05, 0.1) is 5.69 Å². The lowest BCUT2D eigenvalue weighted by molar-refractivity contribution is -0.111. The number of nitrogens with zero attached hydrogens (tertiary/aromatic N) is 2. The Morgan fingerprint density at radius 2 is 1.93 bits per heavy atom. The lowest BCUT2D eigenvalue weighted by Gasteiger charge is -2.07. The molecule has 0 saturated carbocycles. The van der Waals surface area contributed by atoms with E-state index in [9.17, 15) is 9.59 Å². The first-order valence-corrected chi connectivity index (χ1v) is 8.98. The summed E-state index contributed by atoms with van der Waals surface area (Å²) in [5, 5.41) is 12.8. The summed E-state index contributed by atoms with van der Waals surface area (Å²) in [6.45, 7) is 6.74. The van der Waals surface area contributed by atoms with Crippen LogP contribution in [0.1, 0.15) is 25.1 Å². The average molecular weight is 390 g/mol. The molecule has 8 heteroatoms. The number of carbonyl (C=O) groups excluding carboxylic acids is 2. The number of rotatable bonds is 6. The van der Waals surface area contributed by atoms with Crippen LogP contribution in [0.3, 0.4) is 0 Å². The van der Waals surface area contributed by atoms with Crippen molar-refractivity contribution in [2.24, 2.45) is 5.92 Å². The van der Waals surface area contributed by atoms with Crippen LogP contribution in [0.2, 0.25) is 5.15 Å². The molecule has 1 aromatic carbocycles. The zero-order valence-corrected chi connectivity index (χ0v) is 16.6. The van der Waals surface area contributed by atoms with Crippen molar-refractivity contribution in [3.63, 3.8) is 0 Å². The van der Waals surface area contributed by atoms with Gasteiger partial charge in [0, 0.05) is 36.6 Å². The number of anilines is 2. The van der Waals surface area contributed by atoms with Gasteiger partial charge in [-0.1, -0.05) is 31.5 Å². The minimum Gasteiger partial charge on any atom is -0.341 e. The predicted octanol–water partition coefficient (Wildman–Crippen LogP) is 3.90. The van der Waals surface area contributed by atoms with Gasteiger partial charge in [-0.05, 0) is 37.1 Å². The minimum atomic E-state index is -0.332. The van der Waals surface area contributed by atoms with Crippen LogP contribution in [-0.2, 0) is 11.3 Å². The van der Waals surface area contributed by atoms with Gasteiger partial charge in [-0.3, -0.25) is 9.48 Å². The molecule has 0 fully saturated rings. The van der Waals surface area contributed by atoms with Gasteiger partial charge in [-0.15, -0.1) is 0 Å². The second kappa shape index (κ2) is 9.23. The van der Waals surface area contributed by atoms with Crippen LogP contribution >= 0.6 is 11.6 Å². The van der Waals surface area contributed by atoms with Gasteiger partial charge in [0.2, 0.25) is 5.91 Å². The normalized spacial score (nSPS) is 11.0. The number of aromatic nitrogens is 2. The molecule has 7 nitrogen and oxygen atoms in total. The third-order valence-electron chi connectivity index (χ3n) is 3.66. The van der Waals surface area contributed by atoms with Crippen molar-refractivity contribution < 1.29 is 9.59 Å². The van der Waals surface area contributed by atoms with E-state index in [4.69, 9.17) is 11.6 Å². The number of urea groups is 1. The van der Waals surface area contributed by atoms with Gasteiger partial charge in [-0.2, -0.15) is 5.10 Å². The molecule has 0 bridgehead atoms. The van der Waals surface area contributed by atoms with Gasteiger partial charge in [-0.25, -0.2) is 4.79 Å². The average Bonchev–Trinajstić information content (AvgIpc) is 2.86. The molecule has 2 aromatic rings. The van der Waals surface area contributed by atoms with Crippen molar-refractivity contribution in [3.8, 4) is 0 Å². The Balaban J connectivity index is 2.07. The van der Waals surface area contributed by atoms with E-state index in [1.807, 2.05) is 6.92 Å². The van der Waals surface area contributed by atoms with E-state index in [2.05, 4.69) is 34.9 Å². The van der Waals surface area contributed by atoms with Crippen molar-refractivity contribution in [1.82, 2.24) is 15.1 Å². The van der Waals surface area contributed by atoms with Crippen LogP contribution in [0.5, 0.6) is 0 Å². The maximum atomic E-state index is 12.2. The SMILES string of the molecule is CNC(=O)Nc1cccc(NC(=O)/C=C/c2c(C)nn(CC(C)C)c2Cl)c1. The van der Waals surface area contributed by atoms with Crippen molar-refractivity contribution in [2.75, 3.05) is 17.7 Å². The molecule has 0 unspecified atom stereocenters. The van der Waals surface area contributed by atoms with Gasteiger partial charge in [0.15, 0.2) is 0 Å². The smallest absolute Gasteiger partial charge is 0.318 e. The molecule has 0 spiro atoms. The van der Waals surface area contributed by atoms with Crippen LogP contribution in [0.25, 0.3) is 6.08 Å². The lowest BCUT2D eigenvalue weighted by Crippen LogP contribution is -2.24. The minimum absolute atomic E-state index is 0.306. The third-order valence-corrected chi connectivity index (χ3v) is 4.06. The fourth-order valence-electron chi connectivity index (χ4n) is 2.43. The number of halogens is 1. The summed E-state index contributed by atoms with van der Waals surface area (Å²) >= 11 is 6.37. The van der Waals surface area contributed by atoms with Crippen molar-refractivity contribution in [3.05, 3.63) is 46.8 Å². The fourth-order valence-corrected chi connectivity index (χ4v) is 2.74. The molecular weight excluding hydrogens is 366 g/mol. The zero-order valence-electron chi connectivity index (χ0n) is 15.8. The molecule has 0 aliphatic rings. The molecule has 3 N–H and O–H groups in total. The highest BCUT2D eigenvalue weighted by Crippen LogP contribution is 2.22. The predicted molar refractivity (Wildman–Crippen MR) is 109 cm³/mol. The summed E-state index contributed by atoms with van der Waals surface area (Å²) in [5.74, 6) is 0.108. The molecular formula is C19H24ClN5O2. The van der Waals surface area contributed by atoms with Gasteiger partial charge >= 0.3 is 6.03 Å². The quantitative estimate of drug-likeness (QED) is 0.654. The highest BCUT2D eigenvalue weighted by molar-refractivity contribution is 6.31. The Morgan fingerprint density at radius 1 is 1.26 bits per heavy atom. The van der Waals surface area contributed by atoms with Crippen LogP contribution in [0.4, 0.5) is 16.2 Å². The first-order valence-electron chi connectivity index (χ1n) is 8.61. The first-order chi connectivity index (χ1) is 12.8. The molecule has 0 atom stereocenters. The summed E-state index contributed by atoms with van der Waals surface area (Å²) in [5.41, 5.74) is 2.63. The summed E-state index contributed by atoms with van der Waals surface area (Å²) in [7, 11) is 1.53. The van der Waals surface area contributed by atoms with E-state index in [0.29, 0.717) is 29.0 Å². The van der Waals surface area contributed by atoms with Gasteiger partial charge < -0.3 is 16.0 Å². The summed E-state index contributed by atoms with van der Waals surface area (Å²) in [6, 6.07) is 6.54. The van der Waals surface area contributed by atoms with Crippen molar-refractivity contribution in [2.45, 2.75) is 27.3 Å². The molecule has 0 aliphatic heterocycles. The maximum Gasteiger partial charge on any atom is 0.318 e. The number of hydrogen-bond acceptors (Lipinski definition) is 3. The van der Waals surface area contributed by atoms with Gasteiger partial charge in [0.1, 0.15) is 5.15 Å². The standard InChI is InChI=1S/C19H24ClN5O2/c1-12(2)11-25-18(20)16(13(3)24-25)8-9-17(26)22-14-6-5-7-15(10-14)23-19(27)21-4/h5-10,12H,11H2,1-4H3,(H,22,26)(H2,21,23,27)/b9-8+. The maximum absolute atomic E-state index is 12.2. The van der Waals surface area contributed by atoms with Crippen LogP contribution in [-0.4, -0.2) is 28.8 Å². The Kier molecular flexibility index (Phi) is 7.01. The molecule has 1 aromatic heterocycles. The number of benzene rings is 1. The Labute approximate surface area is 163 Å². The number of amides is 3. The highest BCUT2D eigenvalue weighted by atomic mass is 35.5. The van der Waals surface area contributed by atoms with E-state index in [-0.39, 0.29) is 11.9 Å². The van der Waals surface area contributed by atoms with Crippen LogP contribution < -0.4 is 16.0 Å². The van der Waals surface area contributed by atoms with Crippen molar-refractivity contribution >= 4 is 41.0 Å². The third kappa shape index (κ3) is 5.86. The molecule has 27 heavy (non-hydrogen) atoms. The number of aryl methyl sites for hydroxylation is 1. The van der Waals surface area contributed by atoms with Crippen LogP contribution in [0, 0.1) is 12.8 Å². The molecule has 144 valence electrons. The first kappa shape index (κ1) is 20.5. The summed E-state index contributed by atoms with van der Waals surface area (Å²) in [6.07, 6.45) is 3.07. The van der Waals surface area contributed by atoms with Gasteiger partial charge in [0.25, 0.3) is 0 Å². The Bertz CT molecular complexity index is 858. The molecule has 3 amide bonds. The number of hydrogen-bond donors (Lipinski definition) is 3.